The van der Waals surface area contributed by atoms with Gasteiger partial charge in [-0.1, -0.05) is 216 Å². The van der Waals surface area contributed by atoms with Crippen LogP contribution in [0.15, 0.2) is 60.8 Å². The average molecular weight is 1060 g/mol. The smallest absolute Gasteiger partial charge is 0.462 e. The first kappa shape index (κ1) is 71.2. The van der Waals surface area contributed by atoms with E-state index in [1.165, 1.54) is 103 Å². The Morgan fingerprint density at radius 2 is 0.689 bits per heavy atom. The van der Waals surface area contributed by atoms with E-state index in [9.17, 15) is 28.9 Å². The lowest BCUT2D eigenvalue weighted by Crippen LogP contribution is -2.30. The summed E-state index contributed by atoms with van der Waals surface area (Å²) >= 11 is 0. The van der Waals surface area contributed by atoms with Gasteiger partial charge in [0.1, 0.15) is 12.7 Å². The van der Waals surface area contributed by atoms with Crippen LogP contribution in [0.25, 0.3) is 0 Å². The minimum absolute atomic E-state index is 0.160. The van der Waals surface area contributed by atoms with E-state index in [0.717, 1.165) is 116 Å². The van der Waals surface area contributed by atoms with Crippen molar-refractivity contribution >= 4 is 25.7 Å². The molecule has 0 aliphatic rings. The van der Waals surface area contributed by atoms with E-state index in [4.69, 9.17) is 23.3 Å². The van der Waals surface area contributed by atoms with Gasteiger partial charge in [-0.25, -0.2) is 4.57 Å². The second kappa shape index (κ2) is 56.4. The van der Waals surface area contributed by atoms with Crippen LogP contribution in [-0.4, -0.2) is 66.5 Å². The molecule has 3 unspecified atom stereocenters. The van der Waals surface area contributed by atoms with E-state index >= 15 is 0 Å². The highest BCUT2D eigenvalue weighted by atomic mass is 31.2. The molecule has 0 aromatic rings. The van der Waals surface area contributed by atoms with Gasteiger partial charge in [-0.3, -0.25) is 23.4 Å². The highest BCUT2D eigenvalue weighted by molar-refractivity contribution is 7.47. The van der Waals surface area contributed by atoms with Crippen molar-refractivity contribution < 1.29 is 52.2 Å². The monoisotopic (exact) mass is 1060 g/mol. The van der Waals surface area contributed by atoms with Gasteiger partial charge in [-0.2, -0.15) is 0 Å². The second-order valence-electron chi connectivity index (χ2n) is 20.2. The van der Waals surface area contributed by atoms with E-state index in [0.29, 0.717) is 19.3 Å². The lowest BCUT2D eigenvalue weighted by Gasteiger charge is -2.21. The van der Waals surface area contributed by atoms with Gasteiger partial charge >= 0.3 is 25.7 Å². The summed E-state index contributed by atoms with van der Waals surface area (Å²) in [6.07, 6.45) is 61.7. The highest BCUT2D eigenvalue weighted by Crippen LogP contribution is 2.43. The fourth-order valence-corrected chi connectivity index (χ4v) is 9.03. The molecule has 0 aromatic carbocycles. The molecule has 11 nitrogen and oxygen atoms in total. The van der Waals surface area contributed by atoms with Crippen molar-refractivity contribution in [3.63, 3.8) is 0 Å². The predicted molar refractivity (Wildman–Crippen MR) is 307 cm³/mol. The second-order valence-corrected chi connectivity index (χ2v) is 21.6. The first-order chi connectivity index (χ1) is 36.2. The Hall–Kier alpha value is -2.82. The zero-order valence-corrected chi connectivity index (χ0v) is 48.5. The third-order valence-corrected chi connectivity index (χ3v) is 13.8. The van der Waals surface area contributed by atoms with Crippen LogP contribution in [0, 0.1) is 0 Å². The van der Waals surface area contributed by atoms with Gasteiger partial charge in [-0.15, -0.1) is 0 Å². The molecule has 3 atom stereocenters. The Labute approximate surface area is 453 Å². The number of aliphatic hydroxyl groups is 1. The molecule has 0 radical (unpaired) electrons. The van der Waals surface area contributed by atoms with E-state index in [1.54, 1.807) is 0 Å². The van der Waals surface area contributed by atoms with Crippen LogP contribution < -0.4 is 0 Å². The van der Waals surface area contributed by atoms with Gasteiger partial charge in [0.2, 0.25) is 0 Å². The molecular formula is C62H111O11P. The van der Waals surface area contributed by atoms with Crippen molar-refractivity contribution in [2.24, 2.45) is 0 Å². The summed E-state index contributed by atoms with van der Waals surface area (Å²) in [5, 5.41) is 9.81. The van der Waals surface area contributed by atoms with Crippen molar-refractivity contribution in [2.45, 2.75) is 290 Å². The molecule has 0 fully saturated rings. The van der Waals surface area contributed by atoms with E-state index < -0.39 is 57.8 Å². The number of hydrogen-bond donors (Lipinski definition) is 2. The lowest BCUT2D eigenvalue weighted by molar-refractivity contribution is -0.161. The van der Waals surface area contributed by atoms with E-state index in [-0.39, 0.29) is 25.9 Å². The summed E-state index contributed by atoms with van der Waals surface area (Å²) < 4.78 is 39.6. The normalized spacial score (nSPS) is 13.7. The first-order valence-corrected chi connectivity index (χ1v) is 31.7. The molecule has 2 N–H and O–H groups in total. The number of ether oxygens (including phenoxy) is 3. The summed E-state index contributed by atoms with van der Waals surface area (Å²) in [6, 6.07) is 0. The Kier molecular flexibility index (Phi) is 54.2. The molecule has 0 spiro atoms. The third kappa shape index (κ3) is 54.0. The Balaban J connectivity index is 4.73. The Morgan fingerprint density at radius 1 is 0.378 bits per heavy atom. The fraction of sp³-hybridized carbons (Fsp3) is 0.790. The number of rotatable bonds is 56. The number of hydrogen-bond acceptors (Lipinski definition) is 10. The van der Waals surface area contributed by atoms with Crippen LogP contribution in [0.3, 0.4) is 0 Å². The standard InChI is InChI=1S/C62H111O11P/c1-4-7-10-13-16-19-22-25-27-28-29-30-32-35-38-41-44-47-50-53-62(66)73-59(55-69-60(64)51-48-45-42-39-36-34-31-26-23-20-17-14-11-8-5-2)57-71-74(67,68)70-56-58(54-63)72-61(65)52-49-46-43-40-37-33-24-21-18-15-12-9-6-3/h12,15-16,19,21,24-27,31,58-59,63H,4-11,13-14,17-18,20,22-23,28-30,32-57H2,1-3H3,(H,67,68)/b15-12-,19-16-,24-21-,27-25-,31-26-. The number of phosphoric ester groups is 1. The fourth-order valence-electron chi connectivity index (χ4n) is 8.24. The van der Waals surface area contributed by atoms with Gasteiger partial charge < -0.3 is 24.2 Å². The minimum atomic E-state index is -4.75. The number of allylic oxidation sites excluding steroid dienone is 10. The maximum Gasteiger partial charge on any atom is 0.472 e. The summed E-state index contributed by atoms with van der Waals surface area (Å²) in [6.45, 7) is 4.55. The van der Waals surface area contributed by atoms with Crippen LogP contribution >= 0.6 is 7.82 Å². The Morgan fingerprint density at radius 3 is 1.09 bits per heavy atom. The number of carbonyl (C=O) groups is 3. The number of carbonyl (C=O) groups excluding carboxylic acids is 3. The molecule has 12 heteroatoms. The molecule has 0 aliphatic carbocycles. The number of aliphatic hydroxyl groups excluding tert-OH is 1. The molecule has 0 bridgehead atoms. The quantitative estimate of drug-likeness (QED) is 0.0197. The molecule has 0 amide bonds. The molecule has 0 saturated heterocycles. The molecule has 0 aromatic heterocycles. The van der Waals surface area contributed by atoms with Crippen LogP contribution in [0.4, 0.5) is 0 Å². The largest absolute Gasteiger partial charge is 0.472 e. The van der Waals surface area contributed by atoms with Crippen LogP contribution in [0.2, 0.25) is 0 Å². The van der Waals surface area contributed by atoms with Crippen molar-refractivity contribution in [2.75, 3.05) is 26.4 Å². The highest BCUT2D eigenvalue weighted by Gasteiger charge is 2.28. The number of esters is 3. The van der Waals surface area contributed by atoms with Gasteiger partial charge in [-0.05, 0) is 103 Å². The van der Waals surface area contributed by atoms with E-state index in [1.807, 2.05) is 0 Å². The van der Waals surface area contributed by atoms with Gasteiger partial charge in [0.15, 0.2) is 6.10 Å². The lowest BCUT2D eigenvalue weighted by atomic mass is 10.1. The SMILES string of the molecule is CCC/C=C\C/C=C\CCCCCCCC(=O)OC(CO)COP(=O)(O)OCC(COC(=O)CCCCCCC/C=C\CCCCCCCC)OC(=O)CCCCCCCCCCC/C=C\C/C=C\CCCCC. The van der Waals surface area contributed by atoms with Crippen LogP contribution in [-0.2, 0) is 42.2 Å². The molecule has 0 aliphatic heterocycles. The van der Waals surface area contributed by atoms with Gasteiger partial charge in [0, 0.05) is 19.3 Å². The van der Waals surface area contributed by atoms with Gasteiger partial charge in [0.25, 0.3) is 0 Å². The summed E-state index contributed by atoms with van der Waals surface area (Å²) in [7, 11) is -4.75. The summed E-state index contributed by atoms with van der Waals surface area (Å²) in [4.78, 5) is 48.6. The zero-order chi connectivity index (χ0) is 54.1. The number of unbranched alkanes of at least 4 members (excludes halogenated alkanes) is 29. The average Bonchev–Trinajstić information content (AvgIpc) is 3.39. The van der Waals surface area contributed by atoms with Crippen molar-refractivity contribution in [3.8, 4) is 0 Å². The topological polar surface area (TPSA) is 155 Å². The molecule has 430 valence electrons. The van der Waals surface area contributed by atoms with Crippen LogP contribution in [0.5, 0.6) is 0 Å². The molecule has 0 saturated carbocycles. The summed E-state index contributed by atoms with van der Waals surface area (Å²) in [5.41, 5.74) is 0. The molecule has 0 rings (SSSR count). The zero-order valence-electron chi connectivity index (χ0n) is 47.6. The number of phosphoric acid groups is 1. The Bertz CT molecular complexity index is 1470. The molecular weight excluding hydrogens is 952 g/mol. The van der Waals surface area contributed by atoms with Crippen LogP contribution in [0.1, 0.15) is 278 Å². The molecule has 0 heterocycles. The third-order valence-electron chi connectivity index (χ3n) is 12.9. The first-order valence-electron chi connectivity index (χ1n) is 30.2. The van der Waals surface area contributed by atoms with Gasteiger partial charge in [0.05, 0.1) is 19.8 Å². The summed E-state index contributed by atoms with van der Waals surface area (Å²) in [5.74, 6) is -1.48. The molecule has 74 heavy (non-hydrogen) atoms. The van der Waals surface area contributed by atoms with Crippen molar-refractivity contribution in [3.05, 3.63) is 60.8 Å². The van der Waals surface area contributed by atoms with Crippen molar-refractivity contribution in [1.82, 2.24) is 0 Å². The maximum atomic E-state index is 12.9. The maximum absolute atomic E-state index is 12.9. The minimum Gasteiger partial charge on any atom is -0.462 e. The predicted octanol–water partition coefficient (Wildman–Crippen LogP) is 17.9. The van der Waals surface area contributed by atoms with E-state index in [2.05, 4.69) is 81.5 Å². The van der Waals surface area contributed by atoms with Crippen molar-refractivity contribution in [1.29, 1.82) is 0 Å².